The second-order valence-electron chi connectivity index (χ2n) is 8.12. The van der Waals surface area contributed by atoms with Gasteiger partial charge in [0.1, 0.15) is 5.75 Å². The lowest BCUT2D eigenvalue weighted by Crippen LogP contribution is -2.27. The largest absolute Gasteiger partial charge is 0.508 e. The van der Waals surface area contributed by atoms with Gasteiger partial charge in [-0.15, -0.1) is 0 Å². The number of phenols is 1. The van der Waals surface area contributed by atoms with Crippen molar-refractivity contribution in [2.24, 2.45) is 16.7 Å². The smallest absolute Gasteiger partial charge is 0.115 e. The molecule has 1 N–H and O–H groups in total. The van der Waals surface area contributed by atoms with Crippen LogP contribution in [0.15, 0.2) is 24.3 Å². The van der Waals surface area contributed by atoms with Gasteiger partial charge in [0.05, 0.1) is 0 Å². The van der Waals surface area contributed by atoms with Crippen LogP contribution in [0, 0.1) is 16.7 Å². The second kappa shape index (κ2) is 5.56. The highest BCUT2D eigenvalue weighted by Gasteiger charge is 2.32. The lowest BCUT2D eigenvalue weighted by molar-refractivity contribution is 0.181. The van der Waals surface area contributed by atoms with Crippen molar-refractivity contribution in [2.75, 3.05) is 0 Å². The molecule has 0 saturated carbocycles. The molecule has 0 saturated heterocycles. The molecule has 1 rings (SSSR count). The fourth-order valence-corrected chi connectivity index (χ4v) is 2.60. The molecule has 0 spiro atoms. The summed E-state index contributed by atoms with van der Waals surface area (Å²) in [5.74, 6) is 1.41. The van der Waals surface area contributed by atoms with E-state index in [1.807, 2.05) is 12.1 Å². The summed E-state index contributed by atoms with van der Waals surface area (Å²) in [7, 11) is 0. The van der Waals surface area contributed by atoms with Gasteiger partial charge in [0.2, 0.25) is 0 Å². The van der Waals surface area contributed by atoms with Gasteiger partial charge in [-0.2, -0.15) is 0 Å². The maximum atomic E-state index is 9.74. The van der Waals surface area contributed by atoms with Crippen molar-refractivity contribution in [3.05, 3.63) is 29.8 Å². The van der Waals surface area contributed by atoms with Gasteiger partial charge < -0.3 is 5.11 Å². The number of hydrogen-bond donors (Lipinski definition) is 1. The Kier molecular flexibility index (Phi) is 4.71. The summed E-state index contributed by atoms with van der Waals surface area (Å²) in [6.07, 6.45) is 1.13. The quantitative estimate of drug-likeness (QED) is 0.752. The summed E-state index contributed by atoms with van der Waals surface area (Å²) in [6, 6.07) is 7.78. The van der Waals surface area contributed by atoms with Crippen LogP contribution in [0.25, 0.3) is 0 Å². The molecule has 0 radical (unpaired) electrons. The molecule has 0 fully saturated rings. The van der Waals surface area contributed by atoms with Crippen molar-refractivity contribution in [1.82, 2.24) is 0 Å². The molecule has 2 atom stereocenters. The van der Waals surface area contributed by atoms with E-state index in [1.54, 1.807) is 6.07 Å². The lowest BCUT2D eigenvalue weighted by Gasteiger charge is -2.38. The van der Waals surface area contributed by atoms with Gasteiger partial charge in [0.15, 0.2) is 0 Å². The first-order valence-corrected chi connectivity index (χ1v) is 7.29. The van der Waals surface area contributed by atoms with Crippen molar-refractivity contribution < 1.29 is 5.11 Å². The van der Waals surface area contributed by atoms with Crippen LogP contribution < -0.4 is 0 Å². The molecule has 1 aromatic rings. The fraction of sp³-hybridized carbons (Fsp3) is 0.667. The third-order valence-electron chi connectivity index (χ3n) is 4.10. The Balaban J connectivity index is 3.12. The van der Waals surface area contributed by atoms with Crippen LogP contribution in [0.5, 0.6) is 5.75 Å². The van der Waals surface area contributed by atoms with Gasteiger partial charge in [-0.1, -0.05) is 60.6 Å². The summed E-state index contributed by atoms with van der Waals surface area (Å²) in [5, 5.41) is 9.74. The minimum absolute atomic E-state index is 0.265. The summed E-state index contributed by atoms with van der Waals surface area (Å²) >= 11 is 0. The molecular formula is C18H30O. The zero-order valence-electron chi connectivity index (χ0n) is 13.6. The Hall–Kier alpha value is -0.980. The van der Waals surface area contributed by atoms with Gasteiger partial charge in [-0.05, 0) is 46.8 Å². The van der Waals surface area contributed by atoms with Crippen molar-refractivity contribution in [3.8, 4) is 5.75 Å². The van der Waals surface area contributed by atoms with E-state index in [0.717, 1.165) is 6.42 Å². The number of hydrogen-bond acceptors (Lipinski definition) is 1. The van der Waals surface area contributed by atoms with Crippen molar-refractivity contribution in [3.63, 3.8) is 0 Å². The van der Waals surface area contributed by atoms with E-state index >= 15 is 0 Å². The van der Waals surface area contributed by atoms with Crippen molar-refractivity contribution in [2.45, 2.75) is 60.8 Å². The molecule has 108 valence electrons. The minimum atomic E-state index is 0.265. The van der Waals surface area contributed by atoms with Gasteiger partial charge in [-0.25, -0.2) is 0 Å². The molecule has 0 aliphatic heterocycles. The van der Waals surface area contributed by atoms with Crippen LogP contribution in [0.2, 0.25) is 0 Å². The molecule has 0 aromatic heterocycles. The molecule has 0 heterocycles. The molecule has 2 unspecified atom stereocenters. The van der Waals surface area contributed by atoms with Gasteiger partial charge in [-0.3, -0.25) is 0 Å². The molecule has 1 aromatic carbocycles. The lowest BCUT2D eigenvalue weighted by atomic mass is 9.67. The Morgan fingerprint density at radius 2 is 1.63 bits per heavy atom. The summed E-state index contributed by atoms with van der Waals surface area (Å²) in [5.41, 5.74) is 1.81. The maximum absolute atomic E-state index is 9.74. The van der Waals surface area contributed by atoms with E-state index in [2.05, 4.69) is 54.5 Å². The normalized spacial score (nSPS) is 16.2. The molecular weight excluding hydrogens is 232 g/mol. The number of rotatable bonds is 3. The summed E-state index contributed by atoms with van der Waals surface area (Å²) < 4.78 is 0. The van der Waals surface area contributed by atoms with Crippen molar-refractivity contribution >= 4 is 0 Å². The molecule has 0 aliphatic rings. The van der Waals surface area contributed by atoms with Crippen LogP contribution in [-0.2, 0) is 0 Å². The van der Waals surface area contributed by atoms with E-state index in [4.69, 9.17) is 0 Å². The highest BCUT2D eigenvalue weighted by Crippen LogP contribution is 2.44. The summed E-state index contributed by atoms with van der Waals surface area (Å²) in [4.78, 5) is 0. The van der Waals surface area contributed by atoms with Crippen LogP contribution in [0.4, 0.5) is 0 Å². The van der Waals surface area contributed by atoms with Gasteiger partial charge in [0, 0.05) is 0 Å². The first-order valence-electron chi connectivity index (χ1n) is 7.29. The fourth-order valence-electron chi connectivity index (χ4n) is 2.60. The molecule has 0 aliphatic carbocycles. The average molecular weight is 262 g/mol. The van der Waals surface area contributed by atoms with Gasteiger partial charge >= 0.3 is 0 Å². The van der Waals surface area contributed by atoms with Crippen LogP contribution in [0.1, 0.15) is 66.4 Å². The van der Waals surface area contributed by atoms with E-state index in [1.165, 1.54) is 5.56 Å². The Morgan fingerprint density at radius 3 is 2.05 bits per heavy atom. The molecule has 1 heteroatoms. The average Bonchev–Trinajstić information content (AvgIpc) is 2.22. The monoisotopic (exact) mass is 262 g/mol. The van der Waals surface area contributed by atoms with Crippen LogP contribution >= 0.6 is 0 Å². The maximum Gasteiger partial charge on any atom is 0.115 e. The van der Waals surface area contributed by atoms with E-state index in [9.17, 15) is 5.11 Å². The first kappa shape index (κ1) is 16.1. The highest BCUT2D eigenvalue weighted by molar-refractivity contribution is 5.30. The molecule has 1 nitrogen and oxygen atoms in total. The standard InChI is InChI=1S/C18H30O/c1-13(18(5,6)7)16(12-17(2,3)4)14-9-8-10-15(19)11-14/h8-11,13,16,19H,12H2,1-7H3. The third kappa shape index (κ3) is 4.89. The summed E-state index contributed by atoms with van der Waals surface area (Å²) in [6.45, 7) is 16.1. The highest BCUT2D eigenvalue weighted by atomic mass is 16.3. The second-order valence-corrected chi connectivity index (χ2v) is 8.12. The predicted molar refractivity (Wildman–Crippen MR) is 83.5 cm³/mol. The van der Waals surface area contributed by atoms with E-state index in [-0.39, 0.29) is 10.8 Å². The molecule has 0 bridgehead atoms. The number of benzene rings is 1. The van der Waals surface area contributed by atoms with E-state index < -0.39 is 0 Å². The predicted octanol–water partition coefficient (Wildman–Crippen LogP) is 5.59. The SMILES string of the molecule is CC(C(CC(C)(C)C)c1cccc(O)c1)C(C)(C)C. The zero-order valence-corrected chi connectivity index (χ0v) is 13.6. The minimum Gasteiger partial charge on any atom is -0.508 e. The molecule has 0 amide bonds. The van der Waals surface area contributed by atoms with E-state index in [0.29, 0.717) is 17.6 Å². The number of aromatic hydroxyl groups is 1. The zero-order chi connectivity index (χ0) is 14.8. The topological polar surface area (TPSA) is 20.2 Å². The van der Waals surface area contributed by atoms with Gasteiger partial charge in [0.25, 0.3) is 0 Å². The first-order chi connectivity index (χ1) is 8.50. The third-order valence-corrected chi connectivity index (χ3v) is 4.10. The Morgan fingerprint density at radius 1 is 1.05 bits per heavy atom. The van der Waals surface area contributed by atoms with Crippen LogP contribution in [-0.4, -0.2) is 5.11 Å². The van der Waals surface area contributed by atoms with Crippen LogP contribution in [0.3, 0.4) is 0 Å². The molecule has 19 heavy (non-hydrogen) atoms. The Labute approximate surface area is 119 Å². The Bertz CT molecular complexity index is 406. The number of phenolic OH excluding ortho intramolecular Hbond substituents is 1. The van der Waals surface area contributed by atoms with Crippen molar-refractivity contribution in [1.29, 1.82) is 0 Å².